The lowest BCUT2D eigenvalue weighted by molar-refractivity contribution is -0.182. The molecule has 5 aliphatic rings. The van der Waals surface area contributed by atoms with Crippen molar-refractivity contribution in [3.8, 4) is 11.5 Å². The predicted octanol–water partition coefficient (Wildman–Crippen LogP) is 3.44. The maximum atomic E-state index is 14.5. The molecule has 11 heteroatoms. The molecule has 0 radical (unpaired) electrons. The number of amides is 3. The number of nitrogens with zero attached hydrogens (tertiary/aromatic N) is 3. The largest absolute Gasteiger partial charge is 0.493 e. The van der Waals surface area contributed by atoms with Gasteiger partial charge >= 0.3 is 5.97 Å². The van der Waals surface area contributed by atoms with Crippen LogP contribution in [0.5, 0.6) is 11.5 Å². The fourth-order valence-electron chi connectivity index (χ4n) is 7.66. The van der Waals surface area contributed by atoms with Crippen LogP contribution in [0.1, 0.15) is 57.9 Å². The number of rotatable bonds is 11. The van der Waals surface area contributed by atoms with Gasteiger partial charge in [0.05, 0.1) is 33.5 Å². The minimum atomic E-state index is -1.20. The lowest BCUT2D eigenvalue weighted by Crippen LogP contribution is -2.62. The zero-order chi connectivity index (χ0) is 33.5. The average Bonchev–Trinajstić information content (AvgIpc) is 4.01. The standard InChI is InChI=1S/C36H49N3O8/c1-22(2)28-20-30-36(35(43)46-5,32(47-28)24-7-8-24)21-26(19-31(40)37-14-16-38(17-15-37)33(41)25-9-10-25)34(42)39(30)13-12-23-6-11-27(44-3)29(18-23)45-4/h6,11,18,20,22,24-26,28,32H,7-10,12-17,19,21H2,1-5H3/t26-,28+,32+,36+/m0/s1. The summed E-state index contributed by atoms with van der Waals surface area (Å²) in [6.07, 6.45) is 5.67. The number of fused-ring (bicyclic) bond motifs is 1. The molecule has 4 fully saturated rings. The minimum absolute atomic E-state index is 0.0146. The molecule has 0 bridgehead atoms. The van der Waals surface area contributed by atoms with Crippen LogP contribution in [0.2, 0.25) is 0 Å². The second-order valence-electron chi connectivity index (χ2n) is 14.1. The Labute approximate surface area is 277 Å². The Morgan fingerprint density at radius 2 is 1.64 bits per heavy atom. The third-order valence-electron chi connectivity index (χ3n) is 10.7. The molecule has 4 atom stereocenters. The number of likely N-dealkylation sites (tertiary alicyclic amines) is 1. The normalized spacial score (nSPS) is 27.7. The second kappa shape index (κ2) is 13.5. The van der Waals surface area contributed by atoms with Crippen molar-refractivity contribution < 1.29 is 38.1 Å². The summed E-state index contributed by atoms with van der Waals surface area (Å²) in [6.45, 7) is 6.36. The summed E-state index contributed by atoms with van der Waals surface area (Å²) >= 11 is 0. The number of ether oxygens (including phenoxy) is 4. The highest BCUT2D eigenvalue weighted by Crippen LogP contribution is 2.56. The van der Waals surface area contributed by atoms with Crippen LogP contribution >= 0.6 is 0 Å². The molecular weight excluding hydrogens is 602 g/mol. The topological polar surface area (TPSA) is 115 Å². The molecule has 1 aromatic carbocycles. The van der Waals surface area contributed by atoms with E-state index in [9.17, 15) is 19.2 Å². The van der Waals surface area contributed by atoms with Gasteiger partial charge in [-0.3, -0.25) is 19.2 Å². The summed E-state index contributed by atoms with van der Waals surface area (Å²) in [7, 11) is 4.56. The highest BCUT2D eigenvalue weighted by Gasteiger charge is 2.64. The van der Waals surface area contributed by atoms with Crippen molar-refractivity contribution in [2.45, 2.75) is 71.0 Å². The summed E-state index contributed by atoms with van der Waals surface area (Å²) < 4.78 is 23.2. The molecule has 0 unspecified atom stereocenters. The van der Waals surface area contributed by atoms with E-state index in [4.69, 9.17) is 18.9 Å². The Bertz CT molecular complexity index is 1410. The maximum Gasteiger partial charge on any atom is 0.320 e. The number of carbonyl (C=O) groups is 4. The van der Waals surface area contributed by atoms with Gasteiger partial charge in [-0.2, -0.15) is 0 Å². The van der Waals surface area contributed by atoms with Crippen LogP contribution in [0.4, 0.5) is 0 Å². The first-order chi connectivity index (χ1) is 22.6. The predicted molar refractivity (Wildman–Crippen MR) is 172 cm³/mol. The van der Waals surface area contributed by atoms with Gasteiger partial charge in [0.25, 0.3) is 0 Å². The molecule has 2 saturated heterocycles. The highest BCUT2D eigenvalue weighted by molar-refractivity contribution is 5.93. The Hall–Kier alpha value is -3.60. The Balaban J connectivity index is 1.30. The molecule has 2 saturated carbocycles. The minimum Gasteiger partial charge on any atom is -0.493 e. The number of piperazine rings is 1. The van der Waals surface area contributed by atoms with E-state index in [1.54, 1.807) is 24.0 Å². The van der Waals surface area contributed by atoms with Gasteiger partial charge in [-0.15, -0.1) is 0 Å². The summed E-state index contributed by atoms with van der Waals surface area (Å²) in [6, 6.07) is 5.69. The zero-order valence-electron chi connectivity index (χ0n) is 28.4. The number of piperidine rings is 1. The smallest absolute Gasteiger partial charge is 0.320 e. The van der Waals surface area contributed by atoms with E-state index in [0.29, 0.717) is 56.3 Å². The van der Waals surface area contributed by atoms with Gasteiger partial charge in [-0.05, 0) is 74.1 Å². The Morgan fingerprint density at radius 1 is 0.957 bits per heavy atom. The molecular formula is C36H49N3O8. The quantitative estimate of drug-likeness (QED) is 0.335. The van der Waals surface area contributed by atoms with E-state index >= 15 is 0 Å². The fourth-order valence-corrected chi connectivity index (χ4v) is 7.66. The van der Waals surface area contributed by atoms with E-state index in [0.717, 1.165) is 31.2 Å². The molecule has 3 amide bonds. The van der Waals surface area contributed by atoms with Gasteiger partial charge in [0.1, 0.15) is 5.41 Å². The number of hydrogen-bond donors (Lipinski definition) is 0. The molecule has 2 aliphatic carbocycles. The summed E-state index contributed by atoms with van der Waals surface area (Å²) in [5.41, 5.74) is 0.392. The fraction of sp³-hybridized carbons (Fsp3) is 0.667. The molecule has 11 nitrogen and oxygen atoms in total. The van der Waals surface area contributed by atoms with Crippen molar-refractivity contribution in [2.75, 3.05) is 54.1 Å². The highest BCUT2D eigenvalue weighted by atomic mass is 16.5. The van der Waals surface area contributed by atoms with Crippen LogP contribution in [0, 0.1) is 29.1 Å². The van der Waals surface area contributed by atoms with Crippen molar-refractivity contribution in [3.05, 3.63) is 35.5 Å². The Kier molecular flexibility index (Phi) is 9.56. The molecule has 6 rings (SSSR count). The number of benzene rings is 1. The number of esters is 1. The van der Waals surface area contributed by atoms with Crippen LogP contribution in [-0.4, -0.2) is 105 Å². The zero-order valence-corrected chi connectivity index (χ0v) is 28.4. The molecule has 3 heterocycles. The first-order valence-electron chi connectivity index (χ1n) is 17.2. The van der Waals surface area contributed by atoms with Crippen LogP contribution in [0.3, 0.4) is 0 Å². The van der Waals surface area contributed by atoms with Gasteiger partial charge < -0.3 is 33.6 Å². The molecule has 0 spiro atoms. The summed E-state index contributed by atoms with van der Waals surface area (Å²) in [5, 5.41) is 0. The molecule has 256 valence electrons. The average molecular weight is 652 g/mol. The first-order valence-corrected chi connectivity index (χ1v) is 17.2. The van der Waals surface area contributed by atoms with Gasteiger partial charge in [-0.25, -0.2) is 0 Å². The summed E-state index contributed by atoms with van der Waals surface area (Å²) in [4.78, 5) is 60.3. The third-order valence-corrected chi connectivity index (χ3v) is 10.7. The van der Waals surface area contributed by atoms with Crippen LogP contribution in [0.25, 0.3) is 0 Å². The molecule has 0 N–H and O–H groups in total. The van der Waals surface area contributed by atoms with Gasteiger partial charge in [-0.1, -0.05) is 19.9 Å². The summed E-state index contributed by atoms with van der Waals surface area (Å²) in [5.74, 6) is 0.413. The van der Waals surface area contributed by atoms with Gasteiger partial charge in [0.2, 0.25) is 17.7 Å². The molecule has 3 aliphatic heterocycles. The van der Waals surface area contributed by atoms with Crippen molar-refractivity contribution in [2.24, 2.45) is 29.1 Å². The van der Waals surface area contributed by atoms with Crippen LogP contribution < -0.4 is 9.47 Å². The second-order valence-corrected chi connectivity index (χ2v) is 14.1. The first kappa shape index (κ1) is 33.3. The monoisotopic (exact) mass is 651 g/mol. The Morgan fingerprint density at radius 3 is 2.23 bits per heavy atom. The van der Waals surface area contributed by atoms with E-state index in [1.807, 2.05) is 29.2 Å². The number of methoxy groups -OCH3 is 3. The number of carbonyl (C=O) groups excluding carboxylic acids is 4. The van der Waals surface area contributed by atoms with Gasteiger partial charge in [0.15, 0.2) is 11.5 Å². The van der Waals surface area contributed by atoms with E-state index in [1.165, 1.54) is 7.11 Å². The lowest BCUT2D eigenvalue weighted by atomic mass is 9.64. The van der Waals surface area contributed by atoms with Crippen molar-refractivity contribution >= 4 is 23.7 Å². The maximum absolute atomic E-state index is 14.5. The molecule has 47 heavy (non-hydrogen) atoms. The van der Waals surface area contributed by atoms with Crippen molar-refractivity contribution in [3.63, 3.8) is 0 Å². The number of hydrogen-bond acceptors (Lipinski definition) is 8. The van der Waals surface area contributed by atoms with Gasteiger partial charge in [0, 0.05) is 56.7 Å². The van der Waals surface area contributed by atoms with E-state index < -0.39 is 23.4 Å². The van der Waals surface area contributed by atoms with Crippen LogP contribution in [0.15, 0.2) is 30.0 Å². The van der Waals surface area contributed by atoms with E-state index in [-0.39, 0.29) is 54.4 Å². The van der Waals surface area contributed by atoms with Crippen LogP contribution in [-0.2, 0) is 35.1 Å². The van der Waals surface area contributed by atoms with Crippen molar-refractivity contribution in [1.82, 2.24) is 14.7 Å². The lowest BCUT2D eigenvalue weighted by Gasteiger charge is -2.53. The molecule has 1 aromatic rings. The molecule has 0 aromatic heterocycles. The van der Waals surface area contributed by atoms with E-state index in [2.05, 4.69) is 13.8 Å². The SMILES string of the molecule is COC(=O)[C@]12C[C@H](CC(=O)N3CCN(C(=O)C4CC4)CC3)C(=O)N(CCc3ccc(OC)c(OC)c3)C1=C[C@H](C(C)C)O[C@@H]2C1CC1. The van der Waals surface area contributed by atoms with Crippen molar-refractivity contribution in [1.29, 1.82) is 0 Å². The third kappa shape index (κ3) is 6.47.